The van der Waals surface area contributed by atoms with Crippen molar-refractivity contribution in [1.29, 1.82) is 0 Å². The highest BCUT2D eigenvalue weighted by molar-refractivity contribution is 5.31. The van der Waals surface area contributed by atoms with Crippen LogP contribution in [0.2, 0.25) is 0 Å². The Hall–Kier alpha value is -1.55. The molecule has 6 rings (SSSR count). The van der Waals surface area contributed by atoms with Gasteiger partial charge in [0.2, 0.25) is 0 Å². The number of allylic oxidation sites excluding steroid dienone is 1. The van der Waals surface area contributed by atoms with Crippen LogP contribution in [0, 0.1) is 22.7 Å². The highest BCUT2D eigenvalue weighted by atomic mass is 16.7. The van der Waals surface area contributed by atoms with Crippen molar-refractivity contribution >= 4 is 0 Å². The number of ether oxygens (including phenoxy) is 3. The molecule has 0 spiro atoms. The number of aliphatic hydroxyl groups excluding tert-OH is 2. The first kappa shape index (κ1) is 27.6. The molecule has 3 saturated carbocycles. The molecule has 0 radical (unpaired) electrons. The molecule has 3 N–H and O–H groups in total. The van der Waals surface area contributed by atoms with Gasteiger partial charge in [-0.2, -0.15) is 0 Å². The molecular weight excluding hydrogens is 500 g/mol. The van der Waals surface area contributed by atoms with Crippen molar-refractivity contribution in [3.05, 3.63) is 46.0 Å². The van der Waals surface area contributed by atoms with E-state index in [1.54, 1.807) is 6.26 Å². The van der Waals surface area contributed by atoms with Gasteiger partial charge in [0, 0.05) is 18.6 Å². The van der Waals surface area contributed by atoms with Crippen molar-refractivity contribution in [2.24, 2.45) is 22.7 Å². The summed E-state index contributed by atoms with van der Waals surface area (Å²) in [6.07, 6.45) is 6.78. The molecule has 1 aromatic rings. The molecule has 0 amide bonds. The van der Waals surface area contributed by atoms with Gasteiger partial charge >= 0.3 is 5.63 Å². The van der Waals surface area contributed by atoms with Crippen LogP contribution >= 0.6 is 0 Å². The Balaban J connectivity index is 1.20. The standard InChI is InChI=1S/C31H44O8/c1-17-27(36-4)25(33)26(34)28(38-17)39-20-9-12-29(2)19(15-20)6-7-23-22(29)10-13-30(3)21(11-14-31(23,30)35)18-5-8-24(32)37-16-18/h5,8,15-17,20-23,25-28,33-35H,6-7,9-14H2,1-4H3/t17-,20-,21+,22-,23+,25-,26+,27-,28-,29-,30+,31-/m0/s1. The summed E-state index contributed by atoms with van der Waals surface area (Å²) in [4.78, 5) is 11.6. The minimum atomic E-state index is -1.17. The van der Waals surface area contributed by atoms with E-state index in [1.165, 1.54) is 18.7 Å². The summed E-state index contributed by atoms with van der Waals surface area (Å²) in [6, 6.07) is 3.38. The zero-order valence-corrected chi connectivity index (χ0v) is 23.5. The summed E-state index contributed by atoms with van der Waals surface area (Å²) < 4.78 is 22.7. The van der Waals surface area contributed by atoms with Crippen LogP contribution in [0.1, 0.15) is 83.6 Å². The van der Waals surface area contributed by atoms with Crippen LogP contribution in [0.5, 0.6) is 0 Å². The van der Waals surface area contributed by atoms with E-state index in [2.05, 4.69) is 19.9 Å². The molecule has 0 aromatic carbocycles. The predicted octanol–water partition coefficient (Wildman–Crippen LogP) is 3.67. The summed E-state index contributed by atoms with van der Waals surface area (Å²) in [5.74, 6) is 0.797. The second-order valence-corrected chi connectivity index (χ2v) is 13.3. The highest BCUT2D eigenvalue weighted by Gasteiger charge is 2.66. The third kappa shape index (κ3) is 4.12. The Bertz CT molecular complexity index is 1140. The Labute approximate surface area is 230 Å². The van der Waals surface area contributed by atoms with Gasteiger partial charge in [0.25, 0.3) is 0 Å². The number of hydrogen-bond donors (Lipinski definition) is 3. The number of fused-ring (bicyclic) bond motifs is 5. The van der Waals surface area contributed by atoms with E-state index in [9.17, 15) is 20.1 Å². The van der Waals surface area contributed by atoms with Gasteiger partial charge in [-0.1, -0.05) is 25.5 Å². The van der Waals surface area contributed by atoms with Crippen molar-refractivity contribution < 1.29 is 33.9 Å². The lowest BCUT2D eigenvalue weighted by molar-refractivity contribution is -0.304. The average Bonchev–Trinajstić information content (AvgIpc) is 3.19. The first-order valence-corrected chi connectivity index (χ1v) is 14.7. The molecule has 8 heteroatoms. The van der Waals surface area contributed by atoms with Crippen LogP contribution in [-0.4, -0.2) is 64.8 Å². The van der Waals surface area contributed by atoms with E-state index in [0.717, 1.165) is 56.9 Å². The largest absolute Gasteiger partial charge is 0.431 e. The molecule has 2 heterocycles. The van der Waals surface area contributed by atoms with Gasteiger partial charge in [0.05, 0.1) is 24.1 Å². The van der Waals surface area contributed by atoms with E-state index in [0.29, 0.717) is 5.92 Å². The Morgan fingerprint density at radius 2 is 1.79 bits per heavy atom. The second-order valence-electron chi connectivity index (χ2n) is 13.3. The maximum Gasteiger partial charge on any atom is 0.335 e. The summed E-state index contributed by atoms with van der Waals surface area (Å²) in [7, 11) is 1.50. The average molecular weight is 545 g/mol. The van der Waals surface area contributed by atoms with Crippen molar-refractivity contribution in [2.45, 2.75) is 120 Å². The molecule has 1 aromatic heterocycles. The maximum absolute atomic E-state index is 12.4. The van der Waals surface area contributed by atoms with Crippen LogP contribution in [-0.2, 0) is 14.2 Å². The summed E-state index contributed by atoms with van der Waals surface area (Å²) in [6.45, 7) is 6.45. The third-order valence-electron chi connectivity index (χ3n) is 11.7. The van der Waals surface area contributed by atoms with E-state index in [4.69, 9.17) is 18.6 Å². The number of rotatable bonds is 4. The second kappa shape index (κ2) is 9.78. The highest BCUT2D eigenvalue weighted by Crippen LogP contribution is 2.70. The van der Waals surface area contributed by atoms with E-state index >= 15 is 0 Å². The van der Waals surface area contributed by atoms with Crippen LogP contribution < -0.4 is 5.63 Å². The number of aliphatic hydroxyl groups is 3. The van der Waals surface area contributed by atoms with Crippen LogP contribution in [0.3, 0.4) is 0 Å². The molecule has 216 valence electrons. The summed E-state index contributed by atoms with van der Waals surface area (Å²) >= 11 is 0. The quantitative estimate of drug-likeness (QED) is 0.492. The van der Waals surface area contributed by atoms with Gasteiger partial charge in [-0.25, -0.2) is 4.79 Å². The molecule has 12 atom stereocenters. The SMILES string of the molecule is CO[C@@H]1[C@@H](O)[C@@H](O)[C@H](O[C@@H]2C=C3CC[C@@H]4[C@H](CC[C@]5(C)[C@@H](c6ccc(=O)oc6)CC[C@]45O)[C@@]3(C)CC2)O[C@H]1C. The van der Waals surface area contributed by atoms with Crippen LogP contribution in [0.4, 0.5) is 0 Å². The van der Waals surface area contributed by atoms with Gasteiger partial charge in [0.1, 0.15) is 18.3 Å². The Kier molecular flexibility index (Phi) is 6.92. The van der Waals surface area contributed by atoms with E-state index in [-0.39, 0.29) is 34.4 Å². The molecule has 39 heavy (non-hydrogen) atoms. The van der Waals surface area contributed by atoms with Gasteiger partial charge < -0.3 is 33.9 Å². The topological polar surface area (TPSA) is 119 Å². The van der Waals surface area contributed by atoms with Crippen LogP contribution in [0.15, 0.2) is 39.3 Å². The molecular formula is C31H44O8. The van der Waals surface area contributed by atoms with Gasteiger partial charge in [-0.15, -0.1) is 0 Å². The monoisotopic (exact) mass is 544 g/mol. The smallest absolute Gasteiger partial charge is 0.335 e. The maximum atomic E-state index is 12.4. The van der Waals surface area contributed by atoms with E-state index < -0.39 is 36.3 Å². The fourth-order valence-electron chi connectivity index (χ4n) is 9.49. The molecule has 0 unspecified atom stereocenters. The lowest BCUT2D eigenvalue weighted by atomic mass is 9.45. The van der Waals surface area contributed by atoms with E-state index in [1.807, 2.05) is 13.0 Å². The van der Waals surface area contributed by atoms with Crippen LogP contribution in [0.25, 0.3) is 0 Å². The summed E-state index contributed by atoms with van der Waals surface area (Å²) in [5.41, 5.74) is 1.07. The molecule has 4 aliphatic carbocycles. The molecule has 4 fully saturated rings. The predicted molar refractivity (Wildman–Crippen MR) is 143 cm³/mol. The number of methoxy groups -OCH3 is 1. The van der Waals surface area contributed by atoms with Gasteiger partial charge in [0.15, 0.2) is 6.29 Å². The fourth-order valence-corrected chi connectivity index (χ4v) is 9.49. The zero-order chi connectivity index (χ0) is 27.7. The normalized spacial score (nSPS) is 49.5. The fraction of sp³-hybridized carbons (Fsp3) is 0.774. The Morgan fingerprint density at radius 1 is 1.00 bits per heavy atom. The lowest BCUT2D eigenvalue weighted by Gasteiger charge is -2.62. The third-order valence-corrected chi connectivity index (χ3v) is 11.7. The zero-order valence-electron chi connectivity index (χ0n) is 23.5. The van der Waals surface area contributed by atoms with Crippen molar-refractivity contribution in [3.63, 3.8) is 0 Å². The minimum Gasteiger partial charge on any atom is -0.431 e. The summed E-state index contributed by atoms with van der Waals surface area (Å²) in [5, 5.41) is 33.6. The first-order valence-electron chi connectivity index (χ1n) is 14.7. The van der Waals surface area contributed by atoms with Crippen molar-refractivity contribution in [3.8, 4) is 0 Å². The van der Waals surface area contributed by atoms with Gasteiger partial charge in [-0.3, -0.25) is 0 Å². The first-order chi connectivity index (χ1) is 18.5. The molecule has 1 aliphatic heterocycles. The number of hydrogen-bond acceptors (Lipinski definition) is 8. The lowest BCUT2D eigenvalue weighted by Crippen LogP contribution is -2.60. The molecule has 8 nitrogen and oxygen atoms in total. The Morgan fingerprint density at radius 3 is 2.51 bits per heavy atom. The minimum absolute atomic E-state index is 0.00253. The van der Waals surface area contributed by atoms with Crippen molar-refractivity contribution in [2.75, 3.05) is 7.11 Å². The molecule has 5 aliphatic rings. The molecule has 0 bridgehead atoms. The molecule has 1 saturated heterocycles. The van der Waals surface area contributed by atoms with Gasteiger partial charge in [-0.05, 0) is 93.1 Å². The van der Waals surface area contributed by atoms with Crippen molar-refractivity contribution in [1.82, 2.24) is 0 Å².